The molecule has 0 atom stereocenters. The van der Waals surface area contributed by atoms with Crippen molar-refractivity contribution in [3.63, 3.8) is 0 Å². The summed E-state index contributed by atoms with van der Waals surface area (Å²) in [6.45, 7) is 4.73. The van der Waals surface area contributed by atoms with Crippen molar-refractivity contribution in [3.05, 3.63) is 34.6 Å². The van der Waals surface area contributed by atoms with Gasteiger partial charge in [0, 0.05) is 19.5 Å². The van der Waals surface area contributed by atoms with Gasteiger partial charge in [-0.25, -0.2) is 12.8 Å². The van der Waals surface area contributed by atoms with Crippen LogP contribution in [-0.2, 0) is 21.1 Å². The fourth-order valence-electron chi connectivity index (χ4n) is 3.17. The zero-order chi connectivity index (χ0) is 18.6. The highest BCUT2D eigenvalue weighted by atomic mass is 35.5. The second-order valence-electron chi connectivity index (χ2n) is 7.05. The maximum absolute atomic E-state index is 13.4. The Labute approximate surface area is 154 Å². The van der Waals surface area contributed by atoms with Crippen LogP contribution in [0, 0.1) is 11.7 Å². The Hall–Kier alpha value is -1.14. The largest absolute Gasteiger partial charge is 0.343 e. The van der Waals surface area contributed by atoms with E-state index in [0.29, 0.717) is 32.4 Å². The Morgan fingerprint density at radius 1 is 1.32 bits per heavy atom. The topological polar surface area (TPSA) is 54.5 Å². The summed E-state index contributed by atoms with van der Waals surface area (Å²) in [5.41, 5.74) is 0.727. The molecule has 140 valence electrons. The van der Waals surface area contributed by atoms with Gasteiger partial charge in [0.05, 0.1) is 16.0 Å². The van der Waals surface area contributed by atoms with Gasteiger partial charge in [-0.2, -0.15) is 0 Å². The van der Waals surface area contributed by atoms with Crippen molar-refractivity contribution in [3.8, 4) is 0 Å². The standard InChI is InChI=1S/C18H25ClFNO3S/c1-13(2)12-25(23,24)15-7-9-21(10-8-15)18(22)6-4-14-3-5-16(19)17(20)11-14/h3,5,11,13,15H,4,6-10,12H2,1-2H3. The summed E-state index contributed by atoms with van der Waals surface area (Å²) >= 11 is 5.65. The van der Waals surface area contributed by atoms with E-state index in [4.69, 9.17) is 11.6 Å². The quantitative estimate of drug-likeness (QED) is 0.748. The summed E-state index contributed by atoms with van der Waals surface area (Å²) in [6.07, 6.45) is 1.72. The van der Waals surface area contributed by atoms with Crippen molar-refractivity contribution >= 4 is 27.3 Å². The van der Waals surface area contributed by atoms with Crippen LogP contribution in [0.4, 0.5) is 4.39 Å². The predicted molar refractivity (Wildman–Crippen MR) is 98.0 cm³/mol. The summed E-state index contributed by atoms with van der Waals surface area (Å²) < 4.78 is 38.0. The lowest BCUT2D eigenvalue weighted by Crippen LogP contribution is -2.43. The third-order valence-corrected chi connectivity index (χ3v) is 7.40. The number of piperidine rings is 1. The first-order valence-corrected chi connectivity index (χ1v) is 10.7. The molecule has 1 aliphatic heterocycles. The Morgan fingerprint density at radius 2 is 1.96 bits per heavy atom. The second-order valence-corrected chi connectivity index (χ2v) is 9.78. The number of amides is 1. The van der Waals surface area contributed by atoms with E-state index in [1.807, 2.05) is 13.8 Å². The highest BCUT2D eigenvalue weighted by Gasteiger charge is 2.31. The van der Waals surface area contributed by atoms with Crippen molar-refractivity contribution in [1.29, 1.82) is 0 Å². The predicted octanol–water partition coefficient (Wildman–Crippen LogP) is 3.47. The van der Waals surface area contributed by atoms with Crippen LogP contribution < -0.4 is 0 Å². The van der Waals surface area contributed by atoms with Gasteiger partial charge >= 0.3 is 0 Å². The van der Waals surface area contributed by atoms with Crippen LogP contribution in [0.5, 0.6) is 0 Å². The minimum atomic E-state index is -3.09. The number of carbonyl (C=O) groups excluding carboxylic acids is 1. The van der Waals surface area contributed by atoms with E-state index < -0.39 is 15.7 Å². The number of likely N-dealkylation sites (tertiary alicyclic amines) is 1. The van der Waals surface area contributed by atoms with Crippen LogP contribution in [0.15, 0.2) is 18.2 Å². The van der Waals surface area contributed by atoms with Crippen LogP contribution in [0.2, 0.25) is 5.02 Å². The van der Waals surface area contributed by atoms with Gasteiger partial charge < -0.3 is 4.90 Å². The number of nitrogens with zero attached hydrogens (tertiary/aromatic N) is 1. The van der Waals surface area contributed by atoms with E-state index in [1.165, 1.54) is 12.1 Å². The SMILES string of the molecule is CC(C)CS(=O)(=O)C1CCN(C(=O)CCc2ccc(Cl)c(F)c2)CC1. The third-order valence-electron chi connectivity index (χ3n) is 4.48. The van der Waals surface area contributed by atoms with Crippen LogP contribution >= 0.6 is 11.6 Å². The second kappa shape index (κ2) is 8.49. The number of rotatable bonds is 6. The number of hydrogen-bond donors (Lipinski definition) is 0. The molecule has 0 N–H and O–H groups in total. The highest BCUT2D eigenvalue weighted by Crippen LogP contribution is 2.21. The maximum atomic E-state index is 13.4. The average Bonchev–Trinajstić information content (AvgIpc) is 2.54. The molecule has 1 aromatic carbocycles. The van der Waals surface area contributed by atoms with Crippen molar-refractivity contribution in [2.24, 2.45) is 5.92 Å². The molecule has 7 heteroatoms. The van der Waals surface area contributed by atoms with E-state index >= 15 is 0 Å². The normalized spacial score (nSPS) is 16.4. The van der Waals surface area contributed by atoms with Crippen molar-refractivity contribution in [2.75, 3.05) is 18.8 Å². The summed E-state index contributed by atoms with van der Waals surface area (Å²) in [6, 6.07) is 4.55. The minimum Gasteiger partial charge on any atom is -0.343 e. The first-order chi connectivity index (χ1) is 11.7. The van der Waals surface area contributed by atoms with Crippen LogP contribution in [0.25, 0.3) is 0 Å². The molecule has 1 heterocycles. The molecule has 1 aromatic rings. The molecule has 1 saturated heterocycles. The number of aryl methyl sites for hydroxylation is 1. The first kappa shape index (κ1) is 20.2. The maximum Gasteiger partial charge on any atom is 0.222 e. The molecule has 0 saturated carbocycles. The van der Waals surface area contributed by atoms with Gasteiger partial charge in [-0.1, -0.05) is 31.5 Å². The molecule has 25 heavy (non-hydrogen) atoms. The van der Waals surface area contributed by atoms with Crippen molar-refractivity contribution in [1.82, 2.24) is 4.90 Å². The molecule has 0 aromatic heterocycles. The highest BCUT2D eigenvalue weighted by molar-refractivity contribution is 7.92. The number of benzene rings is 1. The molecule has 4 nitrogen and oxygen atoms in total. The fraction of sp³-hybridized carbons (Fsp3) is 0.611. The van der Waals surface area contributed by atoms with E-state index in [-0.39, 0.29) is 34.3 Å². The van der Waals surface area contributed by atoms with E-state index in [9.17, 15) is 17.6 Å². The van der Waals surface area contributed by atoms with E-state index in [2.05, 4.69) is 0 Å². The van der Waals surface area contributed by atoms with Gasteiger partial charge in [-0.05, 0) is 42.9 Å². The van der Waals surface area contributed by atoms with Crippen molar-refractivity contribution < 1.29 is 17.6 Å². The first-order valence-electron chi connectivity index (χ1n) is 8.62. The third kappa shape index (κ3) is 5.68. The summed E-state index contributed by atoms with van der Waals surface area (Å²) in [4.78, 5) is 14.0. The van der Waals surface area contributed by atoms with Crippen LogP contribution in [-0.4, -0.2) is 43.3 Å². The zero-order valence-corrected chi connectivity index (χ0v) is 16.2. The van der Waals surface area contributed by atoms with Gasteiger partial charge in [0.2, 0.25) is 5.91 Å². The van der Waals surface area contributed by atoms with Gasteiger partial charge in [-0.15, -0.1) is 0 Å². The van der Waals surface area contributed by atoms with Crippen LogP contribution in [0.3, 0.4) is 0 Å². The molecule has 0 spiro atoms. The molecular formula is C18H25ClFNO3S. The lowest BCUT2D eigenvalue weighted by atomic mass is 10.1. The summed E-state index contributed by atoms with van der Waals surface area (Å²) in [5, 5.41) is -0.274. The molecule has 2 rings (SSSR count). The van der Waals surface area contributed by atoms with E-state index in [1.54, 1.807) is 11.0 Å². The summed E-state index contributed by atoms with van der Waals surface area (Å²) in [7, 11) is -3.09. The molecule has 0 aliphatic carbocycles. The Bertz CT molecular complexity index is 713. The number of halogens is 2. The Morgan fingerprint density at radius 3 is 2.52 bits per heavy atom. The minimum absolute atomic E-state index is 0.0185. The number of hydrogen-bond acceptors (Lipinski definition) is 3. The molecule has 1 aliphatic rings. The van der Waals surface area contributed by atoms with Gasteiger partial charge in [0.25, 0.3) is 0 Å². The molecule has 1 amide bonds. The monoisotopic (exact) mass is 389 g/mol. The number of sulfone groups is 1. The lowest BCUT2D eigenvalue weighted by Gasteiger charge is -2.32. The van der Waals surface area contributed by atoms with E-state index in [0.717, 1.165) is 5.56 Å². The summed E-state index contributed by atoms with van der Waals surface area (Å²) in [5.74, 6) is -0.185. The molecule has 1 fully saturated rings. The molecule has 0 unspecified atom stereocenters. The Kier molecular flexibility index (Phi) is 6.86. The van der Waals surface area contributed by atoms with Crippen molar-refractivity contribution in [2.45, 2.75) is 44.8 Å². The number of carbonyl (C=O) groups is 1. The average molecular weight is 390 g/mol. The zero-order valence-electron chi connectivity index (χ0n) is 14.7. The van der Waals surface area contributed by atoms with Gasteiger partial charge in [0.15, 0.2) is 9.84 Å². The Balaban J connectivity index is 1.84. The van der Waals surface area contributed by atoms with Crippen LogP contribution in [0.1, 0.15) is 38.7 Å². The molecular weight excluding hydrogens is 365 g/mol. The van der Waals surface area contributed by atoms with Gasteiger partial charge in [-0.3, -0.25) is 4.79 Å². The fourth-order valence-corrected chi connectivity index (χ4v) is 5.42. The molecule has 0 bridgehead atoms. The van der Waals surface area contributed by atoms with Gasteiger partial charge in [0.1, 0.15) is 5.82 Å². The molecule has 0 radical (unpaired) electrons. The lowest BCUT2D eigenvalue weighted by molar-refractivity contribution is -0.132. The smallest absolute Gasteiger partial charge is 0.222 e.